The summed E-state index contributed by atoms with van der Waals surface area (Å²) in [6.45, 7) is 0. The number of hydrazine groups is 1. The Hall–Kier alpha value is -1.78. The molecule has 3 rings (SSSR count). The largest absolute Gasteiger partial charge is 0.271 e. The molecule has 0 saturated heterocycles. The Morgan fingerprint density at radius 2 is 1.80 bits per heavy atom. The van der Waals surface area contributed by atoms with E-state index in [0.29, 0.717) is 17.4 Å². The summed E-state index contributed by atoms with van der Waals surface area (Å²) in [5.74, 6) is 4.67. The maximum absolute atomic E-state index is 13.3. The summed E-state index contributed by atoms with van der Waals surface area (Å²) in [4.78, 5) is 0. The van der Waals surface area contributed by atoms with Gasteiger partial charge in [0.1, 0.15) is 0 Å². The summed E-state index contributed by atoms with van der Waals surface area (Å²) >= 11 is 0. The van der Waals surface area contributed by atoms with Crippen LogP contribution in [-0.4, -0.2) is 0 Å². The van der Waals surface area contributed by atoms with Crippen LogP contribution in [0.15, 0.2) is 48.5 Å². The lowest BCUT2D eigenvalue weighted by molar-refractivity contribution is 0.472. The van der Waals surface area contributed by atoms with Gasteiger partial charge in [-0.1, -0.05) is 36.4 Å². The normalized spacial score (nSPS) is 22.6. The van der Waals surface area contributed by atoms with E-state index in [-0.39, 0.29) is 6.04 Å². The molecule has 104 valence electrons. The quantitative estimate of drug-likeness (QED) is 0.663. The first-order valence-corrected chi connectivity index (χ1v) is 6.66. The molecule has 0 spiro atoms. The van der Waals surface area contributed by atoms with E-state index in [1.54, 1.807) is 6.07 Å². The second kappa shape index (κ2) is 5.31. The summed E-state index contributed by atoms with van der Waals surface area (Å²) in [6.07, 6.45) is 0.998. The van der Waals surface area contributed by atoms with E-state index in [1.165, 1.54) is 11.6 Å². The molecule has 20 heavy (non-hydrogen) atoms. The van der Waals surface area contributed by atoms with Crippen LogP contribution in [0.25, 0.3) is 0 Å². The van der Waals surface area contributed by atoms with Crippen LogP contribution in [0.1, 0.15) is 29.5 Å². The van der Waals surface area contributed by atoms with Gasteiger partial charge in [-0.2, -0.15) is 0 Å². The van der Waals surface area contributed by atoms with Gasteiger partial charge in [-0.25, -0.2) is 8.78 Å². The molecule has 0 bridgehead atoms. The van der Waals surface area contributed by atoms with Crippen molar-refractivity contribution in [2.45, 2.75) is 18.4 Å². The molecule has 3 N–H and O–H groups in total. The fourth-order valence-corrected chi connectivity index (χ4v) is 2.84. The number of halogens is 2. The van der Waals surface area contributed by atoms with E-state index in [2.05, 4.69) is 17.6 Å². The first kappa shape index (κ1) is 13.2. The van der Waals surface area contributed by atoms with Gasteiger partial charge >= 0.3 is 0 Å². The molecule has 3 unspecified atom stereocenters. The zero-order valence-corrected chi connectivity index (χ0v) is 10.9. The van der Waals surface area contributed by atoms with Crippen molar-refractivity contribution in [1.29, 1.82) is 0 Å². The van der Waals surface area contributed by atoms with Crippen LogP contribution in [0, 0.1) is 17.6 Å². The number of nitrogens with two attached hydrogens (primary N) is 1. The molecule has 1 aliphatic rings. The van der Waals surface area contributed by atoms with E-state index >= 15 is 0 Å². The van der Waals surface area contributed by atoms with Crippen LogP contribution in [0.5, 0.6) is 0 Å². The summed E-state index contributed by atoms with van der Waals surface area (Å²) in [6, 6.07) is 14.0. The van der Waals surface area contributed by atoms with Crippen LogP contribution >= 0.6 is 0 Å². The molecule has 0 aromatic heterocycles. The fourth-order valence-electron chi connectivity index (χ4n) is 2.84. The van der Waals surface area contributed by atoms with E-state index in [0.717, 1.165) is 12.5 Å². The number of rotatable bonds is 4. The van der Waals surface area contributed by atoms with E-state index in [1.807, 2.05) is 18.2 Å². The highest BCUT2D eigenvalue weighted by Gasteiger charge is 2.44. The van der Waals surface area contributed by atoms with Gasteiger partial charge in [0, 0.05) is 6.04 Å². The van der Waals surface area contributed by atoms with Crippen molar-refractivity contribution >= 4 is 0 Å². The SMILES string of the molecule is NNC(c1ccc(F)c(F)c1)C1CC1c1ccccc1. The minimum absolute atomic E-state index is 0.157. The monoisotopic (exact) mass is 274 g/mol. The van der Waals surface area contributed by atoms with Crippen LogP contribution in [0.3, 0.4) is 0 Å². The molecule has 0 radical (unpaired) electrons. The van der Waals surface area contributed by atoms with Crippen LogP contribution in [-0.2, 0) is 0 Å². The molecule has 4 heteroatoms. The zero-order chi connectivity index (χ0) is 14.1. The summed E-state index contributed by atoms with van der Waals surface area (Å²) in [5.41, 5.74) is 4.69. The van der Waals surface area contributed by atoms with Crippen molar-refractivity contribution in [3.8, 4) is 0 Å². The first-order valence-electron chi connectivity index (χ1n) is 6.66. The standard InChI is InChI=1S/C16H16F2N2/c17-14-7-6-11(8-15(14)18)16(20-19)13-9-12(13)10-4-2-1-3-5-10/h1-8,12-13,16,20H,9,19H2. The van der Waals surface area contributed by atoms with Gasteiger partial charge in [-0.15, -0.1) is 0 Å². The average Bonchev–Trinajstić information content (AvgIpc) is 3.25. The van der Waals surface area contributed by atoms with Gasteiger partial charge < -0.3 is 0 Å². The predicted molar refractivity (Wildman–Crippen MR) is 73.7 cm³/mol. The Balaban J connectivity index is 1.80. The van der Waals surface area contributed by atoms with Gasteiger partial charge in [-0.05, 0) is 41.5 Å². The van der Waals surface area contributed by atoms with Gasteiger partial charge in [0.2, 0.25) is 0 Å². The molecule has 0 heterocycles. The topological polar surface area (TPSA) is 38.0 Å². The van der Waals surface area contributed by atoms with Gasteiger partial charge in [-0.3, -0.25) is 11.3 Å². The third kappa shape index (κ3) is 2.44. The Morgan fingerprint density at radius 3 is 2.45 bits per heavy atom. The lowest BCUT2D eigenvalue weighted by atomic mass is 9.99. The maximum Gasteiger partial charge on any atom is 0.159 e. The Kier molecular flexibility index (Phi) is 3.51. The minimum Gasteiger partial charge on any atom is -0.271 e. The van der Waals surface area contributed by atoms with Gasteiger partial charge in [0.15, 0.2) is 11.6 Å². The Bertz CT molecular complexity index is 601. The highest BCUT2D eigenvalue weighted by atomic mass is 19.2. The van der Waals surface area contributed by atoms with Crippen LogP contribution in [0.4, 0.5) is 8.78 Å². The molecule has 1 aliphatic carbocycles. The van der Waals surface area contributed by atoms with Gasteiger partial charge in [0.05, 0.1) is 0 Å². The summed E-state index contributed by atoms with van der Waals surface area (Å²) < 4.78 is 26.3. The number of hydrogen-bond donors (Lipinski definition) is 2. The fraction of sp³-hybridized carbons (Fsp3) is 0.250. The molecule has 3 atom stereocenters. The van der Waals surface area contributed by atoms with Crippen molar-refractivity contribution < 1.29 is 8.78 Å². The van der Waals surface area contributed by atoms with Crippen LogP contribution in [0.2, 0.25) is 0 Å². The minimum atomic E-state index is -0.834. The Morgan fingerprint density at radius 1 is 1.05 bits per heavy atom. The molecule has 1 fully saturated rings. The predicted octanol–water partition coefficient (Wildman–Crippen LogP) is 3.27. The van der Waals surface area contributed by atoms with Crippen LogP contribution < -0.4 is 11.3 Å². The van der Waals surface area contributed by atoms with E-state index in [9.17, 15) is 8.78 Å². The lowest BCUT2D eigenvalue weighted by Gasteiger charge is -2.16. The highest BCUT2D eigenvalue weighted by molar-refractivity contribution is 5.30. The van der Waals surface area contributed by atoms with Crippen molar-refractivity contribution in [1.82, 2.24) is 5.43 Å². The average molecular weight is 274 g/mol. The van der Waals surface area contributed by atoms with E-state index in [4.69, 9.17) is 5.84 Å². The number of nitrogens with one attached hydrogen (secondary N) is 1. The van der Waals surface area contributed by atoms with Crippen molar-refractivity contribution in [3.63, 3.8) is 0 Å². The molecule has 0 amide bonds. The summed E-state index contributed by atoms with van der Waals surface area (Å²) in [5, 5.41) is 0. The number of hydrogen-bond acceptors (Lipinski definition) is 2. The molecule has 2 aromatic rings. The highest BCUT2D eigenvalue weighted by Crippen LogP contribution is 2.53. The third-order valence-corrected chi connectivity index (χ3v) is 3.98. The second-order valence-electron chi connectivity index (χ2n) is 5.23. The van der Waals surface area contributed by atoms with Crippen molar-refractivity contribution in [3.05, 3.63) is 71.3 Å². The number of benzene rings is 2. The van der Waals surface area contributed by atoms with Gasteiger partial charge in [0.25, 0.3) is 0 Å². The molecular weight excluding hydrogens is 258 g/mol. The maximum atomic E-state index is 13.3. The first-order chi connectivity index (χ1) is 9.70. The van der Waals surface area contributed by atoms with Crippen molar-refractivity contribution in [2.75, 3.05) is 0 Å². The second-order valence-corrected chi connectivity index (χ2v) is 5.23. The third-order valence-electron chi connectivity index (χ3n) is 3.98. The molecule has 2 aromatic carbocycles. The Labute approximate surface area is 116 Å². The molecule has 2 nitrogen and oxygen atoms in total. The van der Waals surface area contributed by atoms with E-state index < -0.39 is 11.6 Å². The smallest absolute Gasteiger partial charge is 0.159 e. The van der Waals surface area contributed by atoms with Crippen molar-refractivity contribution in [2.24, 2.45) is 11.8 Å². The molecule has 0 aliphatic heterocycles. The molecule has 1 saturated carbocycles. The summed E-state index contributed by atoms with van der Waals surface area (Å²) in [7, 11) is 0. The molecular formula is C16H16F2N2. The zero-order valence-electron chi connectivity index (χ0n) is 10.9. The lowest BCUT2D eigenvalue weighted by Crippen LogP contribution is -2.30.